The maximum atomic E-state index is 10.6. The number of hydrogen-bond donors (Lipinski definition) is 2. The van der Waals surface area contributed by atoms with Crippen LogP contribution in [0.15, 0.2) is 12.1 Å². The van der Waals surface area contributed by atoms with Crippen molar-refractivity contribution in [1.82, 2.24) is 0 Å². The van der Waals surface area contributed by atoms with Crippen molar-refractivity contribution in [2.75, 3.05) is 19.0 Å². The van der Waals surface area contributed by atoms with Crippen LogP contribution in [0.2, 0.25) is 10.0 Å². The van der Waals surface area contributed by atoms with Crippen LogP contribution in [0.25, 0.3) is 0 Å². The van der Waals surface area contributed by atoms with Gasteiger partial charge in [-0.15, -0.1) is 0 Å². The smallest absolute Gasteiger partial charge is 0.306 e. The van der Waals surface area contributed by atoms with Crippen LogP contribution in [0.4, 0.5) is 11.4 Å². The minimum Gasteiger partial charge on any atom is -0.481 e. The number of non-ortho nitro benzene ring substituents is 1. The average molecular weight is 323 g/mol. The van der Waals surface area contributed by atoms with Crippen LogP contribution >= 0.6 is 23.2 Å². The highest BCUT2D eigenvalue weighted by Crippen LogP contribution is 2.34. The van der Waals surface area contributed by atoms with Gasteiger partial charge in [-0.2, -0.15) is 0 Å². The third kappa shape index (κ3) is 4.52. The first-order valence-corrected chi connectivity index (χ1v) is 6.22. The van der Waals surface area contributed by atoms with Crippen molar-refractivity contribution in [3.8, 4) is 0 Å². The highest BCUT2D eigenvalue weighted by Gasteiger charge is 2.17. The lowest BCUT2D eigenvalue weighted by Crippen LogP contribution is -2.25. The standard InChI is InChI=1S/C11H12Cl2N2O5/c1-20-7(4-10(16)17)5-14-11-8(12)2-6(15(18)19)3-9(11)13/h2-3,7,14H,4-5H2,1H3,(H,16,17). The van der Waals surface area contributed by atoms with Crippen LogP contribution in [0.5, 0.6) is 0 Å². The van der Waals surface area contributed by atoms with E-state index < -0.39 is 17.0 Å². The van der Waals surface area contributed by atoms with Crippen molar-refractivity contribution < 1.29 is 19.6 Å². The second-order valence-corrected chi connectivity index (χ2v) is 4.69. The maximum Gasteiger partial charge on any atom is 0.306 e. The number of carboxylic acid groups (broad SMARTS) is 1. The van der Waals surface area contributed by atoms with E-state index in [-0.39, 0.29) is 28.7 Å². The molecule has 1 rings (SSSR count). The van der Waals surface area contributed by atoms with Gasteiger partial charge in [0.1, 0.15) is 0 Å². The summed E-state index contributed by atoms with van der Waals surface area (Å²) in [6, 6.07) is 2.32. The number of carboxylic acids is 1. The molecule has 0 saturated heterocycles. The van der Waals surface area contributed by atoms with E-state index in [1.54, 1.807) is 0 Å². The van der Waals surface area contributed by atoms with Gasteiger partial charge in [0.05, 0.1) is 33.2 Å². The molecule has 1 aromatic carbocycles. The molecular weight excluding hydrogens is 311 g/mol. The van der Waals surface area contributed by atoms with E-state index in [2.05, 4.69) is 5.32 Å². The Morgan fingerprint density at radius 1 is 1.50 bits per heavy atom. The molecule has 1 unspecified atom stereocenters. The summed E-state index contributed by atoms with van der Waals surface area (Å²) >= 11 is 11.8. The fourth-order valence-corrected chi connectivity index (χ4v) is 2.09. The van der Waals surface area contributed by atoms with Gasteiger partial charge in [-0.05, 0) is 0 Å². The zero-order valence-electron chi connectivity index (χ0n) is 10.4. The number of methoxy groups -OCH3 is 1. The largest absolute Gasteiger partial charge is 0.481 e. The Morgan fingerprint density at radius 3 is 2.45 bits per heavy atom. The van der Waals surface area contributed by atoms with E-state index in [4.69, 9.17) is 33.0 Å². The molecule has 0 heterocycles. The average Bonchev–Trinajstić information content (AvgIpc) is 2.35. The van der Waals surface area contributed by atoms with Gasteiger partial charge in [0, 0.05) is 25.8 Å². The zero-order chi connectivity index (χ0) is 15.3. The predicted octanol–water partition coefficient (Wildman–Crippen LogP) is 2.80. The number of nitrogens with zero attached hydrogens (tertiary/aromatic N) is 1. The number of nitro groups is 1. The van der Waals surface area contributed by atoms with Crippen LogP contribution < -0.4 is 5.32 Å². The first kappa shape index (κ1) is 16.5. The number of rotatable bonds is 7. The lowest BCUT2D eigenvalue weighted by molar-refractivity contribution is -0.384. The van der Waals surface area contributed by atoms with Crippen molar-refractivity contribution in [2.24, 2.45) is 0 Å². The van der Waals surface area contributed by atoms with E-state index in [9.17, 15) is 14.9 Å². The molecule has 0 bridgehead atoms. The molecule has 0 aromatic heterocycles. The highest BCUT2D eigenvalue weighted by atomic mass is 35.5. The molecule has 0 aliphatic rings. The minimum atomic E-state index is -1.00. The van der Waals surface area contributed by atoms with Gasteiger partial charge in [0.25, 0.3) is 5.69 Å². The molecular formula is C11H12Cl2N2O5. The van der Waals surface area contributed by atoms with Crippen molar-refractivity contribution in [3.05, 3.63) is 32.3 Å². The number of anilines is 1. The number of nitrogens with one attached hydrogen (secondary N) is 1. The molecule has 0 spiro atoms. The molecule has 0 radical (unpaired) electrons. The Kier molecular flexibility index (Phi) is 6.00. The SMILES string of the molecule is COC(CNc1c(Cl)cc([N+](=O)[O-])cc1Cl)CC(=O)O. The lowest BCUT2D eigenvalue weighted by atomic mass is 10.2. The summed E-state index contributed by atoms with van der Waals surface area (Å²) in [4.78, 5) is 20.6. The predicted molar refractivity (Wildman–Crippen MR) is 74.7 cm³/mol. The quantitative estimate of drug-likeness (QED) is 0.591. The van der Waals surface area contributed by atoms with Crippen LogP contribution in [0.1, 0.15) is 6.42 Å². The first-order valence-electron chi connectivity index (χ1n) is 5.47. The number of carbonyl (C=O) groups is 1. The van der Waals surface area contributed by atoms with E-state index in [0.29, 0.717) is 5.69 Å². The van der Waals surface area contributed by atoms with E-state index in [1.165, 1.54) is 7.11 Å². The number of halogens is 2. The molecule has 0 amide bonds. The summed E-state index contributed by atoms with van der Waals surface area (Å²) in [5, 5.41) is 22.3. The second kappa shape index (κ2) is 7.28. The van der Waals surface area contributed by atoms with Crippen molar-refractivity contribution in [1.29, 1.82) is 0 Å². The summed E-state index contributed by atoms with van der Waals surface area (Å²) in [5.41, 5.74) is 0.0748. The van der Waals surface area contributed by atoms with Gasteiger partial charge in [-0.3, -0.25) is 14.9 Å². The molecule has 0 fully saturated rings. The molecule has 0 saturated carbocycles. The van der Waals surface area contributed by atoms with E-state index in [1.807, 2.05) is 0 Å². The van der Waals surface area contributed by atoms with Crippen molar-refractivity contribution >= 4 is 40.5 Å². The van der Waals surface area contributed by atoms with Crippen LogP contribution in [-0.4, -0.2) is 35.8 Å². The molecule has 0 aliphatic carbocycles. The van der Waals surface area contributed by atoms with Gasteiger partial charge < -0.3 is 15.2 Å². The third-order valence-electron chi connectivity index (χ3n) is 2.48. The summed E-state index contributed by atoms with van der Waals surface area (Å²) in [6.45, 7) is 0.153. The Bertz CT molecular complexity index is 501. The van der Waals surface area contributed by atoms with Gasteiger partial charge in [-0.1, -0.05) is 23.2 Å². The number of nitro benzene ring substituents is 1. The summed E-state index contributed by atoms with van der Waals surface area (Å²) in [5.74, 6) is -1.00. The number of ether oxygens (including phenoxy) is 1. The van der Waals surface area contributed by atoms with Crippen molar-refractivity contribution in [3.63, 3.8) is 0 Å². The third-order valence-corrected chi connectivity index (χ3v) is 3.08. The van der Waals surface area contributed by atoms with Gasteiger partial charge >= 0.3 is 5.97 Å². The Hall–Kier alpha value is -1.57. The van der Waals surface area contributed by atoms with E-state index >= 15 is 0 Å². The molecule has 7 nitrogen and oxygen atoms in total. The van der Waals surface area contributed by atoms with Crippen LogP contribution in [0.3, 0.4) is 0 Å². The topological polar surface area (TPSA) is 102 Å². The van der Waals surface area contributed by atoms with Gasteiger partial charge in [0.2, 0.25) is 0 Å². The number of hydrogen-bond acceptors (Lipinski definition) is 5. The van der Waals surface area contributed by atoms with Crippen molar-refractivity contribution in [2.45, 2.75) is 12.5 Å². The molecule has 0 aliphatic heterocycles. The Balaban J connectivity index is 2.82. The number of benzene rings is 1. The summed E-state index contributed by atoms with van der Waals surface area (Å²) < 4.78 is 4.99. The van der Waals surface area contributed by atoms with Crippen LogP contribution in [-0.2, 0) is 9.53 Å². The normalized spacial score (nSPS) is 11.9. The van der Waals surface area contributed by atoms with Crippen LogP contribution in [0, 0.1) is 10.1 Å². The molecule has 20 heavy (non-hydrogen) atoms. The Labute approximate surface area is 124 Å². The molecule has 9 heteroatoms. The zero-order valence-corrected chi connectivity index (χ0v) is 11.9. The highest BCUT2D eigenvalue weighted by molar-refractivity contribution is 6.39. The lowest BCUT2D eigenvalue weighted by Gasteiger charge is -2.16. The fraction of sp³-hybridized carbons (Fsp3) is 0.364. The monoisotopic (exact) mass is 322 g/mol. The Morgan fingerprint density at radius 2 is 2.05 bits per heavy atom. The molecule has 1 atom stereocenters. The van der Waals surface area contributed by atoms with Gasteiger partial charge in [-0.25, -0.2) is 0 Å². The fourth-order valence-electron chi connectivity index (χ4n) is 1.48. The van der Waals surface area contributed by atoms with Gasteiger partial charge in [0.15, 0.2) is 0 Å². The minimum absolute atomic E-state index is 0.0781. The number of aliphatic carboxylic acids is 1. The summed E-state index contributed by atoms with van der Waals surface area (Å²) in [6.07, 6.45) is -0.763. The molecule has 2 N–H and O–H groups in total. The first-order chi connectivity index (χ1) is 9.35. The molecule has 110 valence electrons. The molecule has 1 aromatic rings. The van der Waals surface area contributed by atoms with E-state index in [0.717, 1.165) is 12.1 Å². The summed E-state index contributed by atoms with van der Waals surface area (Å²) in [7, 11) is 1.38. The second-order valence-electron chi connectivity index (χ2n) is 3.88. The maximum absolute atomic E-state index is 10.6.